The van der Waals surface area contributed by atoms with Crippen LogP contribution in [-0.4, -0.2) is 29.9 Å². The van der Waals surface area contributed by atoms with Crippen LogP contribution in [0.2, 0.25) is 0 Å². The van der Waals surface area contributed by atoms with E-state index in [4.69, 9.17) is 0 Å². The standard InChI is InChI=1S/C15H16F4N4S.HI/c1-20-14(23(2)8-10-4-3-5-11(16)6-10)21-7-13-22-12(9-24-13)15(17,18)19;/h3-6,9H,7-8H2,1-2H3,(H,20,21);1H. The minimum atomic E-state index is -4.44. The number of hydrogen-bond acceptors (Lipinski definition) is 3. The molecular formula is C15H17F4IN4S. The molecule has 1 N–H and O–H groups in total. The zero-order chi connectivity index (χ0) is 17.7. The predicted molar refractivity (Wildman–Crippen MR) is 101 cm³/mol. The molecule has 1 aromatic carbocycles. The van der Waals surface area contributed by atoms with Gasteiger partial charge in [0.1, 0.15) is 10.8 Å². The van der Waals surface area contributed by atoms with Gasteiger partial charge in [0.15, 0.2) is 11.7 Å². The molecule has 2 aromatic rings. The third-order valence-electron chi connectivity index (χ3n) is 3.12. The Labute approximate surface area is 164 Å². The zero-order valence-corrected chi connectivity index (χ0v) is 16.6. The maximum atomic E-state index is 13.2. The van der Waals surface area contributed by atoms with Crippen LogP contribution < -0.4 is 5.32 Å². The van der Waals surface area contributed by atoms with Gasteiger partial charge in [-0.15, -0.1) is 35.3 Å². The molecule has 2 rings (SSSR count). The SMILES string of the molecule is CN=C(NCc1nc(C(F)(F)F)cs1)N(C)Cc1cccc(F)c1.I. The van der Waals surface area contributed by atoms with E-state index in [2.05, 4.69) is 15.3 Å². The molecule has 138 valence electrons. The molecule has 1 aromatic heterocycles. The first-order valence-corrected chi connectivity index (χ1v) is 7.85. The summed E-state index contributed by atoms with van der Waals surface area (Å²) in [4.78, 5) is 9.36. The molecule has 10 heteroatoms. The highest BCUT2D eigenvalue weighted by atomic mass is 127. The van der Waals surface area contributed by atoms with Crippen molar-refractivity contribution in [2.75, 3.05) is 14.1 Å². The summed E-state index contributed by atoms with van der Waals surface area (Å²) in [5.74, 6) is 0.148. The van der Waals surface area contributed by atoms with Crippen molar-refractivity contribution in [1.29, 1.82) is 0 Å². The maximum absolute atomic E-state index is 13.2. The second kappa shape index (κ2) is 9.32. The molecule has 1 heterocycles. The Morgan fingerprint density at radius 1 is 1.36 bits per heavy atom. The molecule has 0 bridgehead atoms. The number of guanidine groups is 1. The molecule has 0 amide bonds. The van der Waals surface area contributed by atoms with E-state index in [1.54, 1.807) is 31.1 Å². The van der Waals surface area contributed by atoms with Crippen LogP contribution in [0.3, 0.4) is 0 Å². The summed E-state index contributed by atoms with van der Waals surface area (Å²) in [6, 6.07) is 6.17. The first-order chi connectivity index (χ1) is 11.3. The lowest BCUT2D eigenvalue weighted by Crippen LogP contribution is -2.38. The monoisotopic (exact) mass is 488 g/mol. The third-order valence-corrected chi connectivity index (χ3v) is 3.97. The van der Waals surface area contributed by atoms with Crippen LogP contribution >= 0.6 is 35.3 Å². The average molecular weight is 488 g/mol. The quantitative estimate of drug-likeness (QED) is 0.305. The molecule has 25 heavy (non-hydrogen) atoms. The van der Waals surface area contributed by atoms with Crippen molar-refractivity contribution in [3.05, 3.63) is 51.7 Å². The van der Waals surface area contributed by atoms with Crippen molar-refractivity contribution in [2.45, 2.75) is 19.3 Å². The van der Waals surface area contributed by atoms with Crippen molar-refractivity contribution >= 4 is 41.3 Å². The van der Waals surface area contributed by atoms with Crippen LogP contribution in [0.1, 0.15) is 16.3 Å². The van der Waals surface area contributed by atoms with E-state index in [1.165, 1.54) is 12.1 Å². The molecule has 0 aliphatic carbocycles. The fraction of sp³-hybridized carbons (Fsp3) is 0.333. The fourth-order valence-corrected chi connectivity index (χ4v) is 2.79. The molecule has 4 nitrogen and oxygen atoms in total. The molecule has 0 unspecified atom stereocenters. The van der Waals surface area contributed by atoms with Crippen molar-refractivity contribution in [3.63, 3.8) is 0 Å². The number of rotatable bonds is 4. The highest BCUT2D eigenvalue weighted by Gasteiger charge is 2.33. The summed E-state index contributed by atoms with van der Waals surface area (Å²) in [6.07, 6.45) is -4.44. The zero-order valence-electron chi connectivity index (χ0n) is 13.5. The highest BCUT2D eigenvalue weighted by Crippen LogP contribution is 2.29. The minimum absolute atomic E-state index is 0. The summed E-state index contributed by atoms with van der Waals surface area (Å²) in [6.45, 7) is 0.532. The van der Waals surface area contributed by atoms with Crippen LogP contribution in [0, 0.1) is 5.82 Å². The summed E-state index contributed by atoms with van der Waals surface area (Å²) >= 11 is 0.930. The Morgan fingerprint density at radius 2 is 2.08 bits per heavy atom. The first-order valence-electron chi connectivity index (χ1n) is 6.97. The third kappa shape index (κ3) is 6.42. The Hall–Kier alpha value is -1.43. The number of nitrogens with zero attached hydrogens (tertiary/aromatic N) is 3. The van der Waals surface area contributed by atoms with Crippen molar-refractivity contribution < 1.29 is 17.6 Å². The predicted octanol–water partition coefficient (Wildman–Crippen LogP) is 4.13. The molecule has 0 aliphatic heterocycles. The van der Waals surface area contributed by atoms with Gasteiger partial charge in [0, 0.05) is 26.0 Å². The van der Waals surface area contributed by atoms with Crippen molar-refractivity contribution in [2.24, 2.45) is 4.99 Å². The van der Waals surface area contributed by atoms with Crippen molar-refractivity contribution in [3.8, 4) is 0 Å². The van der Waals surface area contributed by atoms with Crippen molar-refractivity contribution in [1.82, 2.24) is 15.2 Å². The van der Waals surface area contributed by atoms with Gasteiger partial charge in [-0.05, 0) is 17.7 Å². The Balaban J connectivity index is 0.00000312. The molecule has 0 aliphatic rings. The normalized spacial score (nSPS) is 11.8. The van der Waals surface area contributed by atoms with Gasteiger partial charge in [-0.3, -0.25) is 4.99 Å². The van der Waals surface area contributed by atoms with Crippen LogP contribution in [0.5, 0.6) is 0 Å². The van der Waals surface area contributed by atoms with Gasteiger partial charge in [0.05, 0.1) is 6.54 Å². The van der Waals surface area contributed by atoms with E-state index >= 15 is 0 Å². The average Bonchev–Trinajstić information content (AvgIpc) is 2.97. The summed E-state index contributed by atoms with van der Waals surface area (Å²) in [5, 5.41) is 4.24. The molecule has 0 saturated carbocycles. The number of aromatic nitrogens is 1. The lowest BCUT2D eigenvalue weighted by molar-refractivity contribution is -0.140. The number of nitrogens with one attached hydrogen (secondary N) is 1. The summed E-state index contributed by atoms with van der Waals surface area (Å²) in [5.41, 5.74) is -0.138. The summed E-state index contributed by atoms with van der Waals surface area (Å²) < 4.78 is 50.8. The molecule has 0 saturated heterocycles. The van der Waals surface area contributed by atoms with Crippen LogP contribution in [-0.2, 0) is 19.3 Å². The Kier molecular flexibility index (Phi) is 8.06. The number of aliphatic imine (C=N–C) groups is 1. The van der Waals surface area contributed by atoms with Gasteiger partial charge in [-0.25, -0.2) is 9.37 Å². The number of hydrogen-bond donors (Lipinski definition) is 1. The van der Waals surface area contributed by atoms with E-state index in [9.17, 15) is 17.6 Å². The lowest BCUT2D eigenvalue weighted by atomic mass is 10.2. The van der Waals surface area contributed by atoms with Gasteiger partial charge in [-0.1, -0.05) is 12.1 Å². The Morgan fingerprint density at radius 3 is 2.64 bits per heavy atom. The fourth-order valence-electron chi connectivity index (χ4n) is 2.05. The second-order valence-electron chi connectivity index (χ2n) is 5.01. The van der Waals surface area contributed by atoms with Gasteiger partial charge in [0.25, 0.3) is 0 Å². The summed E-state index contributed by atoms with van der Waals surface area (Å²) in [7, 11) is 3.32. The van der Waals surface area contributed by atoms with Crippen LogP contribution in [0.15, 0.2) is 34.6 Å². The van der Waals surface area contributed by atoms with E-state index in [0.29, 0.717) is 17.5 Å². The van der Waals surface area contributed by atoms with E-state index in [-0.39, 0.29) is 36.3 Å². The molecule has 0 atom stereocenters. The topological polar surface area (TPSA) is 40.5 Å². The van der Waals surface area contributed by atoms with Gasteiger partial charge in [-0.2, -0.15) is 13.2 Å². The number of thiazole rings is 1. The van der Waals surface area contributed by atoms with E-state index < -0.39 is 11.9 Å². The van der Waals surface area contributed by atoms with Gasteiger partial charge < -0.3 is 10.2 Å². The second-order valence-corrected chi connectivity index (χ2v) is 5.95. The molecule has 0 radical (unpaired) electrons. The minimum Gasteiger partial charge on any atom is -0.350 e. The van der Waals surface area contributed by atoms with Crippen LogP contribution in [0.25, 0.3) is 0 Å². The highest BCUT2D eigenvalue weighted by molar-refractivity contribution is 14.0. The van der Waals surface area contributed by atoms with E-state index in [1.807, 2.05) is 0 Å². The molecule has 0 spiro atoms. The maximum Gasteiger partial charge on any atom is 0.434 e. The lowest BCUT2D eigenvalue weighted by Gasteiger charge is -2.21. The van der Waals surface area contributed by atoms with Crippen LogP contribution in [0.4, 0.5) is 17.6 Å². The Bertz CT molecular complexity index is 718. The van der Waals surface area contributed by atoms with E-state index in [0.717, 1.165) is 22.3 Å². The first kappa shape index (κ1) is 21.6. The number of benzene rings is 1. The number of alkyl halides is 3. The molecular weight excluding hydrogens is 471 g/mol. The van der Waals surface area contributed by atoms with Gasteiger partial charge in [0.2, 0.25) is 0 Å². The number of halogens is 5. The smallest absolute Gasteiger partial charge is 0.350 e. The largest absolute Gasteiger partial charge is 0.434 e. The van der Waals surface area contributed by atoms with Gasteiger partial charge >= 0.3 is 6.18 Å². The molecule has 0 fully saturated rings.